The topological polar surface area (TPSA) is 30.5 Å². The Kier molecular flexibility index (Phi) is 5.83. The molecule has 0 spiro atoms. The van der Waals surface area contributed by atoms with Crippen molar-refractivity contribution in [1.82, 2.24) is 5.32 Å². The van der Waals surface area contributed by atoms with E-state index in [1.54, 1.807) is 7.11 Å². The number of hydrogen-bond acceptors (Lipinski definition) is 3. The molecule has 3 nitrogen and oxygen atoms in total. The van der Waals surface area contributed by atoms with Gasteiger partial charge in [-0.2, -0.15) is 0 Å². The summed E-state index contributed by atoms with van der Waals surface area (Å²) in [6.45, 7) is 5.63. The Balaban J connectivity index is 2.03. The normalized spacial score (nSPS) is 15.5. The average Bonchev–Trinajstić information content (AvgIpc) is 2.90. The Morgan fingerprint density at radius 2 is 2.16 bits per heavy atom. The van der Waals surface area contributed by atoms with E-state index < -0.39 is 0 Å². The predicted octanol–water partition coefficient (Wildman–Crippen LogP) is 3.18. The summed E-state index contributed by atoms with van der Waals surface area (Å²) >= 11 is 0. The summed E-state index contributed by atoms with van der Waals surface area (Å²) < 4.78 is 10.6. The lowest BCUT2D eigenvalue weighted by molar-refractivity contribution is 0.134. The minimum atomic E-state index is 0.431. The second-order valence-electron chi connectivity index (χ2n) is 5.16. The lowest BCUT2D eigenvalue weighted by Gasteiger charge is -2.19. The van der Waals surface area contributed by atoms with Gasteiger partial charge in [-0.3, -0.25) is 0 Å². The standard InChI is InChI=1S/C16H25NO2/c1-3-8-17-16(5-4-9-18-2)13-6-7-14-11-19-12-15(14)10-13/h6-7,10,16-17H,3-5,8-9,11-12H2,1-2H3. The van der Waals surface area contributed by atoms with Crippen molar-refractivity contribution < 1.29 is 9.47 Å². The van der Waals surface area contributed by atoms with Gasteiger partial charge in [0.25, 0.3) is 0 Å². The lowest BCUT2D eigenvalue weighted by atomic mass is 9.98. The Hall–Kier alpha value is -0.900. The van der Waals surface area contributed by atoms with Gasteiger partial charge in [0.05, 0.1) is 13.2 Å². The van der Waals surface area contributed by atoms with Crippen LogP contribution in [0.4, 0.5) is 0 Å². The van der Waals surface area contributed by atoms with Crippen LogP contribution in [0.5, 0.6) is 0 Å². The molecule has 106 valence electrons. The molecule has 0 aliphatic carbocycles. The van der Waals surface area contributed by atoms with Gasteiger partial charge in [0.2, 0.25) is 0 Å². The third-order valence-corrected chi connectivity index (χ3v) is 3.63. The van der Waals surface area contributed by atoms with Gasteiger partial charge in [-0.15, -0.1) is 0 Å². The van der Waals surface area contributed by atoms with Crippen LogP contribution in [0.2, 0.25) is 0 Å². The van der Waals surface area contributed by atoms with Crippen molar-refractivity contribution in [2.75, 3.05) is 20.3 Å². The molecule has 0 fully saturated rings. The SMILES string of the molecule is CCCNC(CCCOC)c1ccc2c(c1)COC2. The molecule has 1 aromatic carbocycles. The van der Waals surface area contributed by atoms with E-state index in [0.29, 0.717) is 6.04 Å². The van der Waals surface area contributed by atoms with E-state index in [0.717, 1.165) is 45.6 Å². The van der Waals surface area contributed by atoms with Crippen LogP contribution in [0.15, 0.2) is 18.2 Å². The molecule has 1 heterocycles. The highest BCUT2D eigenvalue weighted by atomic mass is 16.5. The summed E-state index contributed by atoms with van der Waals surface area (Å²) in [4.78, 5) is 0. The van der Waals surface area contributed by atoms with E-state index in [4.69, 9.17) is 9.47 Å². The van der Waals surface area contributed by atoms with E-state index in [-0.39, 0.29) is 0 Å². The van der Waals surface area contributed by atoms with Crippen molar-refractivity contribution in [1.29, 1.82) is 0 Å². The first-order valence-electron chi connectivity index (χ1n) is 7.27. The van der Waals surface area contributed by atoms with E-state index in [1.165, 1.54) is 16.7 Å². The average molecular weight is 263 g/mol. The van der Waals surface area contributed by atoms with Crippen LogP contribution in [-0.2, 0) is 22.7 Å². The number of rotatable bonds is 8. The molecule has 0 radical (unpaired) electrons. The fourth-order valence-corrected chi connectivity index (χ4v) is 2.55. The van der Waals surface area contributed by atoms with Crippen LogP contribution in [0.3, 0.4) is 0 Å². The van der Waals surface area contributed by atoms with Crippen LogP contribution in [0.25, 0.3) is 0 Å². The van der Waals surface area contributed by atoms with Crippen molar-refractivity contribution in [3.63, 3.8) is 0 Å². The number of benzene rings is 1. The van der Waals surface area contributed by atoms with E-state index in [2.05, 4.69) is 30.4 Å². The molecular weight excluding hydrogens is 238 g/mol. The van der Waals surface area contributed by atoms with Crippen LogP contribution < -0.4 is 5.32 Å². The van der Waals surface area contributed by atoms with Gasteiger partial charge < -0.3 is 14.8 Å². The largest absolute Gasteiger partial charge is 0.385 e. The summed E-state index contributed by atoms with van der Waals surface area (Å²) in [6.07, 6.45) is 3.37. The van der Waals surface area contributed by atoms with Crippen LogP contribution in [0, 0.1) is 0 Å². The molecule has 0 amide bonds. The van der Waals surface area contributed by atoms with Gasteiger partial charge in [-0.25, -0.2) is 0 Å². The highest BCUT2D eigenvalue weighted by Crippen LogP contribution is 2.26. The number of methoxy groups -OCH3 is 1. The Labute approximate surface area is 116 Å². The summed E-state index contributed by atoms with van der Waals surface area (Å²) in [5, 5.41) is 3.64. The first-order valence-corrected chi connectivity index (χ1v) is 7.27. The monoisotopic (exact) mass is 263 g/mol. The third kappa shape index (κ3) is 4.03. The Morgan fingerprint density at radius 3 is 2.95 bits per heavy atom. The first kappa shape index (κ1) is 14.5. The molecule has 1 unspecified atom stereocenters. The second kappa shape index (κ2) is 7.63. The zero-order valence-electron chi connectivity index (χ0n) is 12.1. The lowest BCUT2D eigenvalue weighted by Crippen LogP contribution is -2.22. The minimum Gasteiger partial charge on any atom is -0.385 e. The first-order chi connectivity index (χ1) is 9.35. The zero-order valence-corrected chi connectivity index (χ0v) is 12.1. The van der Waals surface area contributed by atoms with Crippen molar-refractivity contribution in [3.8, 4) is 0 Å². The molecule has 1 atom stereocenters. The molecule has 0 bridgehead atoms. The van der Waals surface area contributed by atoms with Crippen molar-refractivity contribution in [2.45, 2.75) is 45.4 Å². The molecule has 3 heteroatoms. The fourth-order valence-electron chi connectivity index (χ4n) is 2.55. The zero-order chi connectivity index (χ0) is 13.5. The molecule has 1 aliphatic rings. The minimum absolute atomic E-state index is 0.431. The second-order valence-corrected chi connectivity index (χ2v) is 5.16. The summed E-state index contributed by atoms with van der Waals surface area (Å²) in [7, 11) is 1.77. The molecule has 0 aromatic heterocycles. The van der Waals surface area contributed by atoms with Gasteiger partial charge in [0.1, 0.15) is 0 Å². The van der Waals surface area contributed by atoms with Crippen LogP contribution in [-0.4, -0.2) is 20.3 Å². The molecule has 0 saturated heterocycles. The maximum Gasteiger partial charge on any atom is 0.0725 e. The van der Waals surface area contributed by atoms with Crippen LogP contribution >= 0.6 is 0 Å². The third-order valence-electron chi connectivity index (χ3n) is 3.63. The van der Waals surface area contributed by atoms with Crippen LogP contribution in [0.1, 0.15) is 48.9 Å². The highest BCUT2D eigenvalue weighted by molar-refractivity contribution is 5.34. The molecule has 19 heavy (non-hydrogen) atoms. The fraction of sp³-hybridized carbons (Fsp3) is 0.625. The van der Waals surface area contributed by atoms with Gasteiger partial charge in [-0.05, 0) is 42.5 Å². The molecule has 1 aliphatic heterocycles. The quantitative estimate of drug-likeness (QED) is 0.731. The molecule has 2 rings (SSSR count). The summed E-state index contributed by atoms with van der Waals surface area (Å²) in [5.41, 5.74) is 4.08. The smallest absolute Gasteiger partial charge is 0.0725 e. The van der Waals surface area contributed by atoms with Crippen molar-refractivity contribution in [3.05, 3.63) is 34.9 Å². The number of ether oxygens (including phenoxy) is 2. The Bertz CT molecular complexity index is 392. The molecular formula is C16H25NO2. The number of fused-ring (bicyclic) bond motifs is 1. The van der Waals surface area contributed by atoms with Gasteiger partial charge in [-0.1, -0.05) is 25.1 Å². The van der Waals surface area contributed by atoms with Crippen molar-refractivity contribution in [2.24, 2.45) is 0 Å². The van der Waals surface area contributed by atoms with Gasteiger partial charge >= 0.3 is 0 Å². The number of nitrogens with one attached hydrogen (secondary N) is 1. The maximum atomic E-state index is 5.49. The van der Waals surface area contributed by atoms with E-state index >= 15 is 0 Å². The maximum absolute atomic E-state index is 5.49. The van der Waals surface area contributed by atoms with Gasteiger partial charge in [0.15, 0.2) is 0 Å². The summed E-state index contributed by atoms with van der Waals surface area (Å²) in [6, 6.07) is 7.20. The molecule has 0 saturated carbocycles. The summed E-state index contributed by atoms with van der Waals surface area (Å²) in [5.74, 6) is 0. The number of hydrogen-bond donors (Lipinski definition) is 1. The Morgan fingerprint density at radius 1 is 1.32 bits per heavy atom. The molecule has 1 aromatic rings. The van der Waals surface area contributed by atoms with Gasteiger partial charge in [0, 0.05) is 19.8 Å². The van der Waals surface area contributed by atoms with E-state index in [9.17, 15) is 0 Å². The van der Waals surface area contributed by atoms with Crippen molar-refractivity contribution >= 4 is 0 Å². The molecule has 1 N–H and O–H groups in total. The highest BCUT2D eigenvalue weighted by Gasteiger charge is 2.15. The van der Waals surface area contributed by atoms with E-state index in [1.807, 2.05) is 0 Å². The predicted molar refractivity (Wildman–Crippen MR) is 77.1 cm³/mol.